The fourth-order valence-corrected chi connectivity index (χ4v) is 2.47. The maximum absolute atomic E-state index is 13.2. The van der Waals surface area contributed by atoms with E-state index in [0.717, 1.165) is 6.07 Å². The molecule has 0 atom stereocenters. The Balaban J connectivity index is 3.12. The third-order valence-corrected chi connectivity index (χ3v) is 3.53. The Hall–Kier alpha value is -1.11. The van der Waals surface area contributed by atoms with Crippen molar-refractivity contribution >= 4 is 27.3 Å². The van der Waals surface area contributed by atoms with Gasteiger partial charge in [0.2, 0.25) is 10.0 Å². The van der Waals surface area contributed by atoms with Gasteiger partial charge >= 0.3 is 0 Å². The van der Waals surface area contributed by atoms with Crippen molar-refractivity contribution in [2.75, 3.05) is 12.3 Å². The molecule has 0 unspecified atom stereocenters. The largest absolute Gasteiger partial charge is 0.396 e. The molecule has 0 aliphatic heterocycles. The predicted octanol–water partition coefficient (Wildman–Crippen LogP) is 1.75. The summed E-state index contributed by atoms with van der Waals surface area (Å²) >= 11 is 5.45. The van der Waals surface area contributed by atoms with Crippen LogP contribution in [0.15, 0.2) is 28.6 Å². The molecule has 0 amide bonds. The maximum Gasteiger partial charge on any atom is 0.240 e. The van der Waals surface area contributed by atoms with Crippen molar-refractivity contribution in [2.45, 2.75) is 11.8 Å². The zero-order chi connectivity index (χ0) is 13.2. The summed E-state index contributed by atoms with van der Waals surface area (Å²) in [4.78, 5) is -0.105. The Morgan fingerprint density at radius 1 is 1.59 bits per heavy atom. The molecular formula is C10H12ClFN2O2S. The molecule has 0 saturated heterocycles. The van der Waals surface area contributed by atoms with E-state index in [9.17, 15) is 12.8 Å². The molecule has 1 aromatic rings. The number of benzene rings is 1. The van der Waals surface area contributed by atoms with Gasteiger partial charge in [-0.3, -0.25) is 0 Å². The van der Waals surface area contributed by atoms with Crippen LogP contribution in [0, 0.1) is 12.7 Å². The lowest BCUT2D eigenvalue weighted by Gasteiger charge is -2.08. The standard InChI is InChI=1S/C10H12ClFN2O2S/c1-6-3-8(4-9(13)10(6)12)17(15,16)14-5-7(2)11/h3-4,14H,2,5,13H2,1H3. The van der Waals surface area contributed by atoms with Crippen molar-refractivity contribution in [2.24, 2.45) is 0 Å². The first-order valence-corrected chi connectivity index (χ1v) is 6.48. The van der Waals surface area contributed by atoms with Crippen molar-refractivity contribution in [1.82, 2.24) is 4.72 Å². The Kier molecular flexibility index (Phi) is 4.13. The van der Waals surface area contributed by atoms with Gasteiger partial charge in [0.15, 0.2) is 0 Å². The Labute approximate surface area is 104 Å². The van der Waals surface area contributed by atoms with Crippen LogP contribution in [0.3, 0.4) is 0 Å². The topological polar surface area (TPSA) is 72.2 Å². The van der Waals surface area contributed by atoms with Gasteiger partial charge in [0.05, 0.1) is 10.6 Å². The Bertz CT molecular complexity index is 534. The molecule has 0 aromatic heterocycles. The number of hydrogen-bond donors (Lipinski definition) is 2. The van der Waals surface area contributed by atoms with Crippen LogP contribution in [0.5, 0.6) is 0 Å². The number of hydrogen-bond acceptors (Lipinski definition) is 3. The van der Waals surface area contributed by atoms with E-state index >= 15 is 0 Å². The van der Waals surface area contributed by atoms with Gasteiger partial charge in [-0.05, 0) is 24.6 Å². The zero-order valence-electron chi connectivity index (χ0n) is 9.13. The smallest absolute Gasteiger partial charge is 0.240 e. The molecule has 1 rings (SSSR count). The van der Waals surface area contributed by atoms with E-state index in [2.05, 4.69) is 11.3 Å². The number of sulfonamides is 1. The van der Waals surface area contributed by atoms with Gasteiger partial charge in [-0.15, -0.1) is 0 Å². The summed E-state index contributed by atoms with van der Waals surface area (Å²) in [5.74, 6) is -0.620. The monoisotopic (exact) mass is 278 g/mol. The minimum Gasteiger partial charge on any atom is -0.396 e. The lowest BCUT2D eigenvalue weighted by atomic mass is 10.2. The lowest BCUT2D eigenvalue weighted by molar-refractivity contribution is 0.584. The van der Waals surface area contributed by atoms with Gasteiger partial charge in [-0.1, -0.05) is 18.2 Å². The minimum atomic E-state index is -3.76. The lowest BCUT2D eigenvalue weighted by Crippen LogP contribution is -2.25. The number of nitrogens with one attached hydrogen (secondary N) is 1. The molecule has 1 aromatic carbocycles. The average Bonchev–Trinajstić information content (AvgIpc) is 2.22. The number of aryl methyl sites for hydroxylation is 1. The van der Waals surface area contributed by atoms with Gasteiger partial charge in [0, 0.05) is 11.6 Å². The molecule has 17 heavy (non-hydrogen) atoms. The quantitative estimate of drug-likeness (QED) is 0.824. The summed E-state index contributed by atoms with van der Waals surface area (Å²) in [5, 5.41) is 0.153. The highest BCUT2D eigenvalue weighted by molar-refractivity contribution is 7.89. The van der Waals surface area contributed by atoms with Crippen molar-refractivity contribution < 1.29 is 12.8 Å². The molecule has 3 N–H and O–H groups in total. The number of halogens is 2. The van der Waals surface area contributed by atoms with Crippen LogP contribution in [0.2, 0.25) is 0 Å². The highest BCUT2D eigenvalue weighted by Gasteiger charge is 2.17. The molecule has 0 bridgehead atoms. The van der Waals surface area contributed by atoms with Crippen LogP contribution < -0.4 is 10.5 Å². The summed E-state index contributed by atoms with van der Waals surface area (Å²) in [6.45, 7) is 4.69. The third kappa shape index (κ3) is 3.42. The van der Waals surface area contributed by atoms with E-state index < -0.39 is 15.8 Å². The van der Waals surface area contributed by atoms with Crippen molar-refractivity contribution in [3.05, 3.63) is 35.1 Å². The molecule has 0 heterocycles. The molecule has 0 radical (unpaired) electrons. The van der Waals surface area contributed by atoms with Crippen LogP contribution in [0.25, 0.3) is 0 Å². The second-order valence-corrected chi connectivity index (χ2v) is 5.79. The van der Waals surface area contributed by atoms with Gasteiger partial charge in [-0.2, -0.15) is 0 Å². The minimum absolute atomic E-state index is 0.0970. The number of nitrogen functional groups attached to an aromatic ring is 1. The molecule has 0 aliphatic carbocycles. The molecule has 0 aliphatic rings. The van der Waals surface area contributed by atoms with Crippen LogP contribution >= 0.6 is 11.6 Å². The number of rotatable bonds is 4. The Morgan fingerprint density at radius 2 is 2.18 bits per heavy atom. The first-order chi connectivity index (χ1) is 7.74. The van der Waals surface area contributed by atoms with Crippen molar-refractivity contribution in [3.63, 3.8) is 0 Å². The molecule has 4 nitrogen and oxygen atoms in total. The summed E-state index contributed by atoms with van der Waals surface area (Å²) in [6, 6.07) is 2.26. The van der Waals surface area contributed by atoms with Gasteiger partial charge < -0.3 is 5.73 Å². The highest BCUT2D eigenvalue weighted by atomic mass is 35.5. The molecule has 94 valence electrons. The highest BCUT2D eigenvalue weighted by Crippen LogP contribution is 2.20. The van der Waals surface area contributed by atoms with Crippen molar-refractivity contribution in [3.8, 4) is 0 Å². The molecule has 0 fully saturated rings. The first kappa shape index (κ1) is 14.0. The third-order valence-electron chi connectivity index (χ3n) is 2.02. The molecule has 0 saturated carbocycles. The number of anilines is 1. The van der Waals surface area contributed by atoms with E-state index in [1.165, 1.54) is 13.0 Å². The fraction of sp³-hybridized carbons (Fsp3) is 0.200. The molecule has 0 spiro atoms. The Morgan fingerprint density at radius 3 is 2.65 bits per heavy atom. The van der Waals surface area contributed by atoms with Crippen LogP contribution in [0.1, 0.15) is 5.56 Å². The predicted molar refractivity (Wildman–Crippen MR) is 65.7 cm³/mol. The van der Waals surface area contributed by atoms with E-state index in [0.29, 0.717) is 0 Å². The fourth-order valence-electron chi connectivity index (χ4n) is 1.17. The second kappa shape index (κ2) is 5.03. The van der Waals surface area contributed by atoms with Gasteiger partial charge in [-0.25, -0.2) is 17.5 Å². The summed E-state index contributed by atoms with van der Waals surface area (Å²) in [7, 11) is -3.76. The van der Waals surface area contributed by atoms with E-state index in [-0.39, 0.29) is 27.7 Å². The van der Waals surface area contributed by atoms with E-state index in [1.807, 2.05) is 0 Å². The summed E-state index contributed by atoms with van der Waals surface area (Å²) < 4.78 is 39.0. The van der Waals surface area contributed by atoms with Crippen LogP contribution in [-0.4, -0.2) is 15.0 Å². The second-order valence-electron chi connectivity index (χ2n) is 3.49. The van der Waals surface area contributed by atoms with Crippen molar-refractivity contribution in [1.29, 1.82) is 0 Å². The molecule has 7 heteroatoms. The summed E-state index contributed by atoms with van der Waals surface area (Å²) in [5.41, 5.74) is 5.31. The SMILES string of the molecule is C=C(Cl)CNS(=O)(=O)c1cc(C)c(F)c(N)c1. The van der Waals surface area contributed by atoms with Crippen LogP contribution in [0.4, 0.5) is 10.1 Å². The van der Waals surface area contributed by atoms with Crippen LogP contribution in [-0.2, 0) is 10.0 Å². The summed E-state index contributed by atoms with van der Waals surface area (Å²) in [6.07, 6.45) is 0. The van der Waals surface area contributed by atoms with Gasteiger partial charge in [0.1, 0.15) is 5.82 Å². The van der Waals surface area contributed by atoms with E-state index in [1.54, 1.807) is 0 Å². The van der Waals surface area contributed by atoms with Gasteiger partial charge in [0.25, 0.3) is 0 Å². The molecular weight excluding hydrogens is 267 g/mol. The first-order valence-electron chi connectivity index (χ1n) is 4.62. The normalized spacial score (nSPS) is 11.5. The number of nitrogens with two attached hydrogens (primary N) is 1. The zero-order valence-corrected chi connectivity index (χ0v) is 10.7. The van der Waals surface area contributed by atoms with E-state index in [4.69, 9.17) is 17.3 Å². The average molecular weight is 279 g/mol. The maximum atomic E-state index is 13.2.